The fraction of sp³-hybridized carbons (Fsp3) is 0.136. The van der Waals surface area contributed by atoms with Gasteiger partial charge in [-0.05, 0) is 54.1 Å². The van der Waals surface area contributed by atoms with Crippen LogP contribution in [-0.2, 0) is 16.6 Å². The van der Waals surface area contributed by atoms with Crippen molar-refractivity contribution in [1.29, 1.82) is 0 Å². The number of hydrogen-bond donors (Lipinski definition) is 1. The van der Waals surface area contributed by atoms with Gasteiger partial charge in [0.05, 0.1) is 11.9 Å². The zero-order valence-electron chi connectivity index (χ0n) is 16.2. The summed E-state index contributed by atoms with van der Waals surface area (Å²) in [7, 11) is -1.88. The largest absolute Gasteiger partial charge is 0.489 e. The normalized spacial score (nSPS) is 11.0. The predicted octanol–water partition coefficient (Wildman–Crippen LogP) is 3.91. The molecule has 0 bridgehead atoms. The van der Waals surface area contributed by atoms with Gasteiger partial charge in [0.25, 0.3) is 5.91 Å². The molecule has 3 rings (SSSR count). The highest BCUT2D eigenvalue weighted by atomic mass is 32.2. The van der Waals surface area contributed by atoms with Crippen molar-refractivity contribution in [3.8, 4) is 5.75 Å². The number of ether oxygens (including phenoxy) is 1. The van der Waals surface area contributed by atoms with Crippen molar-refractivity contribution in [3.63, 3.8) is 0 Å². The maximum absolute atomic E-state index is 12.4. The number of rotatable bonds is 7. The highest BCUT2D eigenvalue weighted by molar-refractivity contribution is 7.92. The van der Waals surface area contributed by atoms with E-state index in [9.17, 15) is 13.2 Å². The van der Waals surface area contributed by atoms with E-state index < -0.39 is 10.0 Å². The molecule has 3 aromatic carbocycles. The van der Waals surface area contributed by atoms with Crippen molar-refractivity contribution in [1.82, 2.24) is 0 Å². The van der Waals surface area contributed by atoms with Crippen molar-refractivity contribution in [3.05, 3.63) is 90.0 Å². The van der Waals surface area contributed by atoms with Gasteiger partial charge in [0.2, 0.25) is 10.0 Å². The van der Waals surface area contributed by atoms with Crippen LogP contribution in [0.3, 0.4) is 0 Å². The Hall–Kier alpha value is -3.32. The third-order valence-corrected chi connectivity index (χ3v) is 5.56. The highest BCUT2D eigenvalue weighted by Crippen LogP contribution is 2.19. The van der Waals surface area contributed by atoms with Crippen LogP contribution in [0, 0.1) is 0 Å². The van der Waals surface area contributed by atoms with Gasteiger partial charge in [-0.1, -0.05) is 30.3 Å². The Morgan fingerprint density at radius 3 is 2.14 bits per heavy atom. The summed E-state index contributed by atoms with van der Waals surface area (Å²) < 4.78 is 30.1. The molecule has 0 aliphatic carbocycles. The van der Waals surface area contributed by atoms with E-state index in [2.05, 4.69) is 5.32 Å². The second-order valence-electron chi connectivity index (χ2n) is 6.53. The third kappa shape index (κ3) is 5.58. The number of anilines is 2. The molecule has 0 aromatic heterocycles. The minimum absolute atomic E-state index is 0.281. The summed E-state index contributed by atoms with van der Waals surface area (Å²) in [5.74, 6) is 0.427. The number of benzene rings is 3. The molecule has 1 amide bonds. The van der Waals surface area contributed by atoms with E-state index in [1.165, 1.54) is 7.05 Å². The number of hydrogen-bond acceptors (Lipinski definition) is 4. The molecule has 0 aliphatic heterocycles. The first-order chi connectivity index (χ1) is 13.8. The van der Waals surface area contributed by atoms with E-state index in [-0.39, 0.29) is 5.91 Å². The molecule has 150 valence electrons. The summed E-state index contributed by atoms with van der Waals surface area (Å²) in [6, 6.07) is 23.4. The molecule has 0 aliphatic rings. The molecule has 0 radical (unpaired) electrons. The van der Waals surface area contributed by atoms with Crippen LogP contribution in [0.1, 0.15) is 15.9 Å². The van der Waals surface area contributed by atoms with Crippen LogP contribution >= 0.6 is 0 Å². The number of sulfonamides is 1. The SMILES string of the molecule is CN(c1ccc(C(=O)Nc2ccc(OCc3ccccc3)cc2)cc1)S(C)(=O)=O. The van der Waals surface area contributed by atoms with Gasteiger partial charge in [-0.25, -0.2) is 8.42 Å². The van der Waals surface area contributed by atoms with Crippen molar-refractivity contribution in [2.45, 2.75) is 6.61 Å². The van der Waals surface area contributed by atoms with Crippen LogP contribution in [0.15, 0.2) is 78.9 Å². The van der Waals surface area contributed by atoms with Crippen LogP contribution in [0.25, 0.3) is 0 Å². The predicted molar refractivity (Wildman–Crippen MR) is 115 cm³/mol. The maximum Gasteiger partial charge on any atom is 0.255 e. The Kier molecular flexibility index (Phi) is 6.19. The van der Waals surface area contributed by atoms with Crippen LogP contribution in [0.4, 0.5) is 11.4 Å². The molecule has 3 aromatic rings. The molecule has 29 heavy (non-hydrogen) atoms. The van der Waals surface area contributed by atoms with E-state index >= 15 is 0 Å². The zero-order valence-corrected chi connectivity index (χ0v) is 17.0. The molecule has 0 spiro atoms. The summed E-state index contributed by atoms with van der Waals surface area (Å²) in [6.45, 7) is 0.473. The number of nitrogens with one attached hydrogen (secondary N) is 1. The second kappa shape index (κ2) is 8.79. The first kappa shape index (κ1) is 20.4. The molecule has 7 heteroatoms. The van der Waals surface area contributed by atoms with Gasteiger partial charge in [-0.15, -0.1) is 0 Å². The van der Waals surface area contributed by atoms with Crippen LogP contribution in [0.2, 0.25) is 0 Å². The molecule has 1 N–H and O–H groups in total. The lowest BCUT2D eigenvalue weighted by Gasteiger charge is -2.16. The van der Waals surface area contributed by atoms with Crippen LogP contribution in [0.5, 0.6) is 5.75 Å². The summed E-state index contributed by atoms with van der Waals surface area (Å²) in [5.41, 5.74) is 2.64. The molecule has 0 fully saturated rings. The van der Waals surface area contributed by atoms with Crippen molar-refractivity contribution in [2.75, 3.05) is 22.9 Å². The Bertz CT molecular complexity index is 1060. The molecule has 0 atom stereocenters. The Balaban J connectivity index is 1.59. The third-order valence-electron chi connectivity index (χ3n) is 4.35. The van der Waals surface area contributed by atoms with Crippen molar-refractivity contribution < 1.29 is 17.9 Å². The summed E-state index contributed by atoms with van der Waals surface area (Å²) in [4.78, 5) is 12.4. The number of amides is 1. The molecule has 0 unspecified atom stereocenters. The lowest BCUT2D eigenvalue weighted by Crippen LogP contribution is -2.24. The Morgan fingerprint density at radius 2 is 1.55 bits per heavy atom. The fourth-order valence-electron chi connectivity index (χ4n) is 2.59. The summed E-state index contributed by atoms with van der Waals surface area (Å²) in [5, 5.41) is 2.81. The fourth-order valence-corrected chi connectivity index (χ4v) is 3.10. The van der Waals surface area contributed by atoms with Gasteiger partial charge in [0.15, 0.2) is 0 Å². The zero-order chi connectivity index (χ0) is 20.9. The lowest BCUT2D eigenvalue weighted by molar-refractivity contribution is 0.102. The monoisotopic (exact) mass is 410 g/mol. The van der Waals surface area contributed by atoms with Gasteiger partial charge < -0.3 is 10.1 Å². The van der Waals surface area contributed by atoms with E-state index in [1.807, 2.05) is 30.3 Å². The maximum atomic E-state index is 12.4. The standard InChI is InChI=1S/C22H22N2O4S/c1-24(29(2,26)27)20-12-8-18(9-13-20)22(25)23-19-10-14-21(15-11-19)28-16-17-6-4-3-5-7-17/h3-15H,16H2,1-2H3,(H,23,25). The average molecular weight is 410 g/mol. The lowest BCUT2D eigenvalue weighted by atomic mass is 10.2. The quantitative estimate of drug-likeness (QED) is 0.641. The number of carbonyl (C=O) groups excluding carboxylic acids is 1. The van der Waals surface area contributed by atoms with E-state index in [1.54, 1.807) is 48.5 Å². The smallest absolute Gasteiger partial charge is 0.255 e. The van der Waals surface area contributed by atoms with Gasteiger partial charge in [-0.3, -0.25) is 9.10 Å². The highest BCUT2D eigenvalue weighted by Gasteiger charge is 2.13. The summed E-state index contributed by atoms with van der Waals surface area (Å²) >= 11 is 0. The summed E-state index contributed by atoms with van der Waals surface area (Å²) in [6.07, 6.45) is 1.13. The van der Waals surface area contributed by atoms with Gasteiger partial charge >= 0.3 is 0 Å². The molecule has 0 saturated heterocycles. The van der Waals surface area contributed by atoms with E-state index in [0.29, 0.717) is 29.3 Å². The number of nitrogens with zero attached hydrogens (tertiary/aromatic N) is 1. The minimum atomic E-state index is -3.34. The average Bonchev–Trinajstić information content (AvgIpc) is 2.73. The Morgan fingerprint density at radius 1 is 0.931 bits per heavy atom. The second-order valence-corrected chi connectivity index (χ2v) is 8.54. The van der Waals surface area contributed by atoms with Crippen molar-refractivity contribution >= 4 is 27.3 Å². The first-order valence-corrected chi connectivity index (χ1v) is 10.8. The molecule has 0 saturated carbocycles. The minimum Gasteiger partial charge on any atom is -0.489 e. The van der Waals surface area contributed by atoms with Crippen LogP contribution in [-0.4, -0.2) is 27.6 Å². The van der Waals surface area contributed by atoms with Gasteiger partial charge in [0, 0.05) is 18.3 Å². The van der Waals surface area contributed by atoms with E-state index in [0.717, 1.165) is 16.1 Å². The van der Waals surface area contributed by atoms with Crippen LogP contribution < -0.4 is 14.4 Å². The topological polar surface area (TPSA) is 75.7 Å². The molecule has 6 nitrogen and oxygen atoms in total. The number of carbonyl (C=O) groups is 1. The van der Waals surface area contributed by atoms with Crippen molar-refractivity contribution in [2.24, 2.45) is 0 Å². The van der Waals surface area contributed by atoms with E-state index in [4.69, 9.17) is 4.74 Å². The molecule has 0 heterocycles. The van der Waals surface area contributed by atoms with Gasteiger partial charge in [0.1, 0.15) is 12.4 Å². The first-order valence-electron chi connectivity index (χ1n) is 8.95. The Labute approximate surface area is 170 Å². The molecular formula is C22H22N2O4S. The molecular weight excluding hydrogens is 388 g/mol. The van der Waals surface area contributed by atoms with Gasteiger partial charge in [-0.2, -0.15) is 0 Å².